The molecule has 19 heavy (non-hydrogen) atoms. The zero-order valence-corrected chi connectivity index (χ0v) is 10.7. The molecule has 0 spiro atoms. The molecular weight excluding hydrogens is 250 g/mol. The van der Waals surface area contributed by atoms with Crippen molar-refractivity contribution < 1.29 is 24.2 Å². The molecule has 0 aliphatic carbocycles. The van der Waals surface area contributed by atoms with E-state index in [1.165, 1.54) is 7.11 Å². The maximum absolute atomic E-state index is 11.2. The molecule has 0 bridgehead atoms. The summed E-state index contributed by atoms with van der Waals surface area (Å²) < 4.78 is 10.8. The van der Waals surface area contributed by atoms with Gasteiger partial charge in [-0.3, -0.25) is 4.79 Å². The molecule has 0 saturated heterocycles. The Morgan fingerprint density at radius 2 is 2.37 bits per heavy atom. The predicted molar refractivity (Wildman–Crippen MR) is 66.4 cm³/mol. The van der Waals surface area contributed by atoms with Gasteiger partial charge in [0.2, 0.25) is 6.41 Å². The lowest BCUT2D eigenvalue weighted by Crippen LogP contribution is -2.27. The number of carbonyl (C=O) groups is 2. The van der Waals surface area contributed by atoms with Crippen molar-refractivity contribution in [3.05, 3.63) is 23.3 Å². The Bertz CT molecular complexity index is 514. The van der Waals surface area contributed by atoms with Crippen LogP contribution in [-0.2, 0) is 16.0 Å². The average Bonchev–Trinajstić information content (AvgIpc) is 2.73. The molecule has 1 aromatic carbocycles. The maximum Gasteiger partial charge on any atom is 0.331 e. The Kier molecular flexibility index (Phi) is 3.59. The van der Waals surface area contributed by atoms with Gasteiger partial charge in [-0.2, -0.15) is 0 Å². The summed E-state index contributed by atoms with van der Waals surface area (Å²) in [7, 11) is 1.46. The van der Waals surface area contributed by atoms with Crippen LogP contribution in [0.5, 0.6) is 11.5 Å². The highest BCUT2D eigenvalue weighted by atomic mass is 16.5. The maximum atomic E-state index is 11.2. The van der Waals surface area contributed by atoms with Gasteiger partial charge in [-0.05, 0) is 19.1 Å². The molecular formula is C13H15NO5. The van der Waals surface area contributed by atoms with Crippen molar-refractivity contribution in [1.82, 2.24) is 5.32 Å². The van der Waals surface area contributed by atoms with E-state index >= 15 is 0 Å². The minimum atomic E-state index is -1.16. The number of amides is 1. The zero-order chi connectivity index (χ0) is 14.0. The first-order valence-corrected chi connectivity index (χ1v) is 5.86. The lowest BCUT2D eigenvalue weighted by atomic mass is 10.0. The molecule has 2 rings (SSSR count). The Balaban J connectivity index is 2.47. The molecule has 1 aliphatic heterocycles. The average molecular weight is 265 g/mol. The summed E-state index contributed by atoms with van der Waals surface area (Å²) in [4.78, 5) is 21.7. The number of carbonyl (C=O) groups excluding carboxylic acids is 1. The van der Waals surface area contributed by atoms with Gasteiger partial charge in [0.05, 0.1) is 7.11 Å². The van der Waals surface area contributed by atoms with Gasteiger partial charge in [-0.15, -0.1) is 0 Å². The predicted octanol–water partition coefficient (Wildman–Crippen LogP) is 0.890. The first kappa shape index (κ1) is 13.2. The number of aliphatic carboxylic acids is 1. The van der Waals surface area contributed by atoms with Gasteiger partial charge in [-0.1, -0.05) is 0 Å². The van der Waals surface area contributed by atoms with E-state index in [1.807, 2.05) is 6.92 Å². The first-order valence-electron chi connectivity index (χ1n) is 5.86. The van der Waals surface area contributed by atoms with Crippen molar-refractivity contribution in [3.63, 3.8) is 0 Å². The summed E-state index contributed by atoms with van der Waals surface area (Å²) in [6.45, 7) is 1.94. The molecule has 0 radical (unpaired) electrons. The Morgan fingerprint density at radius 1 is 1.63 bits per heavy atom. The number of hydrogen-bond acceptors (Lipinski definition) is 4. The molecule has 102 valence electrons. The molecule has 1 aromatic rings. The molecule has 2 atom stereocenters. The van der Waals surface area contributed by atoms with Crippen LogP contribution >= 0.6 is 0 Å². The molecule has 1 heterocycles. The van der Waals surface area contributed by atoms with Crippen molar-refractivity contribution in [2.75, 3.05) is 7.11 Å². The van der Waals surface area contributed by atoms with E-state index in [9.17, 15) is 9.59 Å². The minimum absolute atomic E-state index is 0.0530. The molecule has 0 saturated carbocycles. The van der Waals surface area contributed by atoms with Crippen LogP contribution in [0.15, 0.2) is 12.1 Å². The van der Waals surface area contributed by atoms with Crippen molar-refractivity contribution in [2.45, 2.75) is 25.5 Å². The lowest BCUT2D eigenvalue weighted by molar-refractivity contribution is -0.140. The number of rotatable bonds is 5. The highest BCUT2D eigenvalue weighted by Gasteiger charge is 2.28. The summed E-state index contributed by atoms with van der Waals surface area (Å²) in [6, 6.07) is 2.22. The topological polar surface area (TPSA) is 84.9 Å². The summed E-state index contributed by atoms with van der Waals surface area (Å²) in [5, 5.41) is 11.4. The van der Waals surface area contributed by atoms with Gasteiger partial charge in [0, 0.05) is 17.5 Å². The fraction of sp³-hybridized carbons (Fsp3) is 0.385. The number of benzene rings is 1. The number of methoxy groups -OCH3 is 1. The molecule has 1 amide bonds. The van der Waals surface area contributed by atoms with Crippen LogP contribution < -0.4 is 14.8 Å². The number of carboxylic acids is 1. The van der Waals surface area contributed by atoms with Crippen LogP contribution in [0.3, 0.4) is 0 Å². The van der Waals surface area contributed by atoms with E-state index < -0.39 is 12.0 Å². The Labute approximate surface area is 110 Å². The Morgan fingerprint density at radius 3 is 2.95 bits per heavy atom. The number of ether oxygens (including phenoxy) is 2. The van der Waals surface area contributed by atoms with Gasteiger partial charge in [0.25, 0.3) is 0 Å². The van der Waals surface area contributed by atoms with E-state index in [0.29, 0.717) is 23.5 Å². The van der Waals surface area contributed by atoms with Crippen LogP contribution in [0.1, 0.15) is 24.1 Å². The van der Waals surface area contributed by atoms with Crippen molar-refractivity contribution in [1.29, 1.82) is 0 Å². The molecule has 0 fully saturated rings. The number of nitrogens with one attached hydrogen (secondary N) is 1. The minimum Gasteiger partial charge on any atom is -0.496 e. The van der Waals surface area contributed by atoms with Gasteiger partial charge in [-0.25, -0.2) is 4.79 Å². The second-order valence-electron chi connectivity index (χ2n) is 4.39. The molecule has 2 unspecified atom stereocenters. The van der Waals surface area contributed by atoms with Gasteiger partial charge < -0.3 is 19.9 Å². The highest BCUT2D eigenvalue weighted by Crippen LogP contribution is 2.37. The van der Waals surface area contributed by atoms with Crippen LogP contribution in [0, 0.1) is 0 Å². The molecule has 0 aromatic heterocycles. The smallest absolute Gasteiger partial charge is 0.331 e. The second kappa shape index (κ2) is 5.17. The summed E-state index contributed by atoms with van der Waals surface area (Å²) >= 11 is 0. The van der Waals surface area contributed by atoms with E-state index in [1.54, 1.807) is 12.1 Å². The number of fused-ring (bicyclic) bond motifs is 1. The van der Waals surface area contributed by atoms with Crippen LogP contribution in [-0.4, -0.2) is 30.7 Å². The fourth-order valence-electron chi connectivity index (χ4n) is 2.22. The van der Waals surface area contributed by atoms with Gasteiger partial charge in [0.1, 0.15) is 17.6 Å². The standard InChI is InChI=1S/C13H15NO5/c1-7-3-8-4-11(18-2)9(5-10(8)19-7)12(13(16)17)14-6-15/h4-7,12H,3H2,1-2H3,(H,14,15)(H,16,17). The monoisotopic (exact) mass is 265 g/mol. The fourth-order valence-corrected chi connectivity index (χ4v) is 2.22. The number of hydrogen-bond donors (Lipinski definition) is 2. The third-order valence-corrected chi connectivity index (χ3v) is 3.04. The van der Waals surface area contributed by atoms with Gasteiger partial charge >= 0.3 is 5.97 Å². The molecule has 1 aliphatic rings. The van der Waals surface area contributed by atoms with Crippen molar-refractivity contribution in [2.24, 2.45) is 0 Å². The summed E-state index contributed by atoms with van der Waals surface area (Å²) in [5.41, 5.74) is 1.35. The van der Waals surface area contributed by atoms with E-state index in [4.69, 9.17) is 14.6 Å². The molecule has 6 heteroatoms. The van der Waals surface area contributed by atoms with Crippen molar-refractivity contribution >= 4 is 12.4 Å². The zero-order valence-electron chi connectivity index (χ0n) is 10.7. The first-order chi connectivity index (χ1) is 9.06. The van der Waals surface area contributed by atoms with Crippen LogP contribution in [0.4, 0.5) is 0 Å². The largest absolute Gasteiger partial charge is 0.496 e. The summed E-state index contributed by atoms with van der Waals surface area (Å²) in [5.74, 6) is -0.0863. The second-order valence-corrected chi connectivity index (χ2v) is 4.39. The summed E-state index contributed by atoms with van der Waals surface area (Å²) in [6.07, 6.45) is 1.16. The highest BCUT2D eigenvalue weighted by molar-refractivity contribution is 5.79. The van der Waals surface area contributed by atoms with Gasteiger partial charge in [0.15, 0.2) is 6.04 Å². The van der Waals surface area contributed by atoms with E-state index in [2.05, 4.69) is 5.32 Å². The third kappa shape index (κ3) is 2.47. The SMILES string of the molecule is COc1cc2c(cc1C(NC=O)C(=O)O)OC(C)C2. The lowest BCUT2D eigenvalue weighted by Gasteiger charge is -2.16. The molecule has 6 nitrogen and oxygen atoms in total. The third-order valence-electron chi connectivity index (χ3n) is 3.04. The Hall–Kier alpha value is -2.24. The normalized spacial score (nSPS) is 18.1. The number of carboxylic acid groups (broad SMARTS) is 1. The van der Waals surface area contributed by atoms with E-state index in [0.717, 1.165) is 12.0 Å². The van der Waals surface area contributed by atoms with Crippen LogP contribution in [0.25, 0.3) is 0 Å². The van der Waals surface area contributed by atoms with E-state index in [-0.39, 0.29) is 6.10 Å². The van der Waals surface area contributed by atoms with Crippen LogP contribution in [0.2, 0.25) is 0 Å². The molecule has 2 N–H and O–H groups in total. The quantitative estimate of drug-likeness (QED) is 0.772. The van der Waals surface area contributed by atoms with Crippen molar-refractivity contribution in [3.8, 4) is 11.5 Å².